The standard InChI is InChI=1S/C24H28Cl2N4O3/c25-16-3-1-15(2-4-16)14-30-19-6-7-20(30)13-18(12-19)28-23(31)9-10-33-22-8-5-17(26)11-21(22)29-24(27)32/h1-5,8,11,18-20H,6-7,9-10,12-14H2,(H,28,31)(H3,27,29,32). The largest absolute Gasteiger partial charge is 0.491 e. The summed E-state index contributed by atoms with van der Waals surface area (Å²) in [5, 5.41) is 6.85. The van der Waals surface area contributed by atoms with Gasteiger partial charge in [-0.05, 0) is 61.6 Å². The number of hydrogen-bond donors (Lipinski definition) is 3. The number of rotatable bonds is 8. The minimum atomic E-state index is -0.711. The highest BCUT2D eigenvalue weighted by atomic mass is 35.5. The molecule has 33 heavy (non-hydrogen) atoms. The number of benzene rings is 2. The van der Waals surface area contributed by atoms with E-state index in [0.717, 1.165) is 24.4 Å². The Hall–Kier alpha value is -2.48. The molecule has 2 saturated heterocycles. The van der Waals surface area contributed by atoms with Crippen LogP contribution in [0.1, 0.15) is 37.7 Å². The molecule has 2 aromatic rings. The maximum absolute atomic E-state index is 12.5. The Morgan fingerprint density at radius 1 is 1.03 bits per heavy atom. The van der Waals surface area contributed by atoms with Gasteiger partial charge in [-0.15, -0.1) is 0 Å². The first-order valence-electron chi connectivity index (χ1n) is 11.2. The molecule has 0 aromatic heterocycles. The van der Waals surface area contributed by atoms with Crippen LogP contribution in [0.15, 0.2) is 42.5 Å². The molecule has 176 valence electrons. The lowest BCUT2D eigenvalue weighted by molar-refractivity contribution is -0.122. The average Bonchev–Trinajstić information content (AvgIpc) is 2.98. The van der Waals surface area contributed by atoms with Crippen molar-refractivity contribution >= 4 is 40.8 Å². The van der Waals surface area contributed by atoms with Crippen LogP contribution in [-0.4, -0.2) is 41.6 Å². The number of nitrogens with zero attached hydrogens (tertiary/aromatic N) is 1. The minimum absolute atomic E-state index is 0.0380. The zero-order valence-electron chi connectivity index (χ0n) is 18.2. The summed E-state index contributed by atoms with van der Waals surface area (Å²) in [5.41, 5.74) is 6.83. The minimum Gasteiger partial charge on any atom is -0.491 e. The number of fused-ring (bicyclic) bond motifs is 2. The fourth-order valence-electron chi connectivity index (χ4n) is 4.86. The number of primary amides is 1. The van der Waals surface area contributed by atoms with Crippen LogP contribution in [-0.2, 0) is 11.3 Å². The molecule has 0 radical (unpaired) electrons. The molecule has 2 atom stereocenters. The molecule has 2 heterocycles. The van der Waals surface area contributed by atoms with Gasteiger partial charge in [0, 0.05) is 34.7 Å². The number of carbonyl (C=O) groups is 2. The topological polar surface area (TPSA) is 96.7 Å². The molecule has 7 nitrogen and oxygen atoms in total. The lowest BCUT2D eigenvalue weighted by Crippen LogP contribution is -2.50. The Bertz CT molecular complexity index is 988. The second kappa shape index (κ2) is 10.6. The molecule has 3 amide bonds. The molecule has 2 aliphatic heterocycles. The predicted molar refractivity (Wildman–Crippen MR) is 130 cm³/mol. The fourth-order valence-corrected chi connectivity index (χ4v) is 5.16. The highest BCUT2D eigenvalue weighted by molar-refractivity contribution is 6.31. The summed E-state index contributed by atoms with van der Waals surface area (Å²) in [6.07, 6.45) is 4.47. The van der Waals surface area contributed by atoms with E-state index in [4.69, 9.17) is 33.7 Å². The number of hydrogen-bond acceptors (Lipinski definition) is 4. The number of piperidine rings is 1. The van der Waals surface area contributed by atoms with E-state index in [1.54, 1.807) is 18.2 Å². The Labute approximate surface area is 203 Å². The van der Waals surface area contributed by atoms with Crippen molar-refractivity contribution in [2.24, 2.45) is 5.73 Å². The summed E-state index contributed by atoms with van der Waals surface area (Å²) in [5.74, 6) is 0.378. The molecule has 2 bridgehead atoms. The number of anilines is 1. The van der Waals surface area contributed by atoms with Crippen molar-refractivity contribution in [1.29, 1.82) is 0 Å². The number of ether oxygens (including phenoxy) is 1. The van der Waals surface area contributed by atoms with Crippen molar-refractivity contribution in [2.75, 3.05) is 11.9 Å². The number of nitrogens with one attached hydrogen (secondary N) is 2. The molecule has 9 heteroatoms. The second-order valence-electron chi connectivity index (χ2n) is 8.65. The third-order valence-corrected chi connectivity index (χ3v) is 6.80. The number of amides is 3. The molecule has 4 N–H and O–H groups in total. The fraction of sp³-hybridized carbons (Fsp3) is 0.417. The van der Waals surface area contributed by atoms with Gasteiger partial charge in [0.25, 0.3) is 0 Å². The highest BCUT2D eigenvalue weighted by Gasteiger charge is 2.40. The smallest absolute Gasteiger partial charge is 0.316 e. The van der Waals surface area contributed by atoms with Crippen molar-refractivity contribution in [3.63, 3.8) is 0 Å². The van der Waals surface area contributed by atoms with Crippen molar-refractivity contribution in [3.8, 4) is 5.75 Å². The molecule has 2 fully saturated rings. The van der Waals surface area contributed by atoms with Gasteiger partial charge >= 0.3 is 6.03 Å². The number of carbonyl (C=O) groups excluding carboxylic acids is 2. The summed E-state index contributed by atoms with van der Waals surface area (Å²) in [7, 11) is 0. The van der Waals surface area contributed by atoms with Gasteiger partial charge < -0.3 is 21.1 Å². The SMILES string of the molecule is NC(=O)Nc1cc(Cl)ccc1OCCC(=O)NC1CC2CCC(C1)N2Cc1ccc(Cl)cc1. The van der Waals surface area contributed by atoms with Crippen molar-refractivity contribution in [3.05, 3.63) is 58.1 Å². The van der Waals surface area contributed by atoms with Gasteiger partial charge in [0.05, 0.1) is 18.7 Å². The van der Waals surface area contributed by atoms with E-state index in [1.807, 2.05) is 12.1 Å². The average molecular weight is 491 g/mol. The maximum atomic E-state index is 12.5. The van der Waals surface area contributed by atoms with Gasteiger partial charge in [0.1, 0.15) is 5.75 Å². The summed E-state index contributed by atoms with van der Waals surface area (Å²) in [4.78, 5) is 26.3. The lowest BCUT2D eigenvalue weighted by atomic mass is 9.96. The van der Waals surface area contributed by atoms with Crippen molar-refractivity contribution in [2.45, 2.75) is 56.8 Å². The molecule has 0 saturated carbocycles. The number of urea groups is 1. The van der Waals surface area contributed by atoms with Gasteiger partial charge in [-0.3, -0.25) is 9.69 Å². The van der Waals surface area contributed by atoms with Crippen LogP contribution in [0.2, 0.25) is 10.0 Å². The third-order valence-electron chi connectivity index (χ3n) is 6.31. The van der Waals surface area contributed by atoms with Crippen LogP contribution in [0.25, 0.3) is 0 Å². The monoisotopic (exact) mass is 490 g/mol. The quantitative estimate of drug-likeness (QED) is 0.504. The van der Waals surface area contributed by atoms with Crippen LogP contribution in [0, 0.1) is 0 Å². The van der Waals surface area contributed by atoms with E-state index in [1.165, 1.54) is 18.4 Å². The van der Waals surface area contributed by atoms with Crippen LogP contribution >= 0.6 is 23.2 Å². The Morgan fingerprint density at radius 3 is 2.36 bits per heavy atom. The maximum Gasteiger partial charge on any atom is 0.316 e. The van der Waals surface area contributed by atoms with E-state index in [0.29, 0.717) is 28.5 Å². The first-order chi connectivity index (χ1) is 15.9. The first kappa shape index (κ1) is 23.7. The van der Waals surface area contributed by atoms with Gasteiger partial charge in [0.15, 0.2) is 0 Å². The molecule has 2 unspecified atom stereocenters. The van der Waals surface area contributed by atoms with Crippen LogP contribution < -0.4 is 21.1 Å². The molecule has 0 spiro atoms. The number of halogens is 2. The predicted octanol–water partition coefficient (Wildman–Crippen LogP) is 4.56. The summed E-state index contributed by atoms with van der Waals surface area (Å²) >= 11 is 12.0. The molecule has 2 aliphatic rings. The van der Waals surface area contributed by atoms with Crippen LogP contribution in [0.3, 0.4) is 0 Å². The molecule has 4 rings (SSSR count). The summed E-state index contributed by atoms with van der Waals surface area (Å²) < 4.78 is 5.69. The van der Waals surface area contributed by atoms with E-state index in [9.17, 15) is 9.59 Å². The third kappa shape index (κ3) is 6.31. The molecule has 2 aromatic carbocycles. The molecular weight excluding hydrogens is 463 g/mol. The first-order valence-corrected chi connectivity index (χ1v) is 11.9. The zero-order valence-corrected chi connectivity index (χ0v) is 19.7. The van der Waals surface area contributed by atoms with E-state index in [2.05, 4.69) is 27.7 Å². The van der Waals surface area contributed by atoms with Crippen LogP contribution in [0.4, 0.5) is 10.5 Å². The normalized spacial score (nSPS) is 22.1. The van der Waals surface area contributed by atoms with Crippen molar-refractivity contribution in [1.82, 2.24) is 10.2 Å². The summed E-state index contributed by atoms with van der Waals surface area (Å²) in [6.45, 7) is 1.10. The van der Waals surface area contributed by atoms with E-state index < -0.39 is 6.03 Å². The number of nitrogens with two attached hydrogens (primary N) is 1. The molecule has 0 aliphatic carbocycles. The second-order valence-corrected chi connectivity index (χ2v) is 9.52. The Morgan fingerprint density at radius 2 is 1.70 bits per heavy atom. The lowest BCUT2D eigenvalue weighted by Gasteiger charge is -2.39. The van der Waals surface area contributed by atoms with Gasteiger partial charge in [-0.25, -0.2) is 4.79 Å². The van der Waals surface area contributed by atoms with Gasteiger partial charge in [-0.2, -0.15) is 0 Å². The van der Waals surface area contributed by atoms with Gasteiger partial charge in [-0.1, -0.05) is 35.3 Å². The van der Waals surface area contributed by atoms with Crippen molar-refractivity contribution < 1.29 is 14.3 Å². The highest BCUT2D eigenvalue weighted by Crippen LogP contribution is 2.37. The zero-order chi connectivity index (χ0) is 23.4. The van der Waals surface area contributed by atoms with Crippen LogP contribution in [0.5, 0.6) is 5.75 Å². The van der Waals surface area contributed by atoms with Gasteiger partial charge in [0.2, 0.25) is 5.91 Å². The Kier molecular flexibility index (Phi) is 7.63. The molecular formula is C24H28Cl2N4O3. The van der Waals surface area contributed by atoms with E-state index in [-0.39, 0.29) is 25.0 Å². The van der Waals surface area contributed by atoms with E-state index >= 15 is 0 Å². The Balaban J connectivity index is 1.24. The summed E-state index contributed by atoms with van der Waals surface area (Å²) in [6, 6.07) is 13.3.